The molecule has 1 amide bonds. The molecule has 4 rings (SSSR count). The quantitative estimate of drug-likeness (QED) is 0.388. The van der Waals surface area contributed by atoms with E-state index in [9.17, 15) is 4.79 Å². The molecule has 0 aliphatic rings. The summed E-state index contributed by atoms with van der Waals surface area (Å²) in [5.74, 6) is 0.0992. The molecule has 31 heavy (non-hydrogen) atoms. The largest absolute Gasteiger partial charge is 0.480 e. The number of nitrogens with zero attached hydrogens (tertiary/aromatic N) is 2. The van der Waals surface area contributed by atoms with Gasteiger partial charge >= 0.3 is 0 Å². The molecule has 0 saturated carbocycles. The molecule has 0 unspecified atom stereocenters. The molecule has 2 aromatic heterocycles. The van der Waals surface area contributed by atoms with Crippen molar-refractivity contribution in [1.29, 1.82) is 0 Å². The molecular weight excluding hydrogens is 406 g/mol. The molecule has 154 valence electrons. The fraction of sp³-hybridized carbons (Fsp3) is 0.0800. The molecule has 2 aromatic carbocycles. The number of benzene rings is 2. The number of pyridine rings is 2. The van der Waals surface area contributed by atoms with Crippen LogP contribution in [-0.4, -0.2) is 23.0 Å². The molecule has 0 aliphatic heterocycles. The minimum absolute atomic E-state index is 0.00298. The van der Waals surface area contributed by atoms with E-state index < -0.39 is 0 Å². The highest BCUT2D eigenvalue weighted by molar-refractivity contribution is 7.99. The van der Waals surface area contributed by atoms with Gasteiger partial charge < -0.3 is 10.1 Å². The Morgan fingerprint density at radius 3 is 2.10 bits per heavy atom. The Kier molecular flexibility index (Phi) is 6.59. The van der Waals surface area contributed by atoms with Gasteiger partial charge in [0.05, 0.1) is 17.9 Å². The van der Waals surface area contributed by atoms with E-state index in [1.165, 1.54) is 7.11 Å². The lowest BCUT2D eigenvalue weighted by atomic mass is 10.0. The molecule has 6 heteroatoms. The van der Waals surface area contributed by atoms with Crippen LogP contribution in [0.5, 0.6) is 5.88 Å². The first-order valence-electron chi connectivity index (χ1n) is 9.78. The molecule has 0 saturated heterocycles. The zero-order valence-corrected chi connectivity index (χ0v) is 17.8. The zero-order chi connectivity index (χ0) is 21.5. The van der Waals surface area contributed by atoms with Crippen molar-refractivity contribution < 1.29 is 9.53 Å². The Hall–Kier alpha value is -3.64. The molecule has 0 fully saturated rings. The maximum absolute atomic E-state index is 13.1. The summed E-state index contributed by atoms with van der Waals surface area (Å²) in [7, 11) is 1.52. The van der Waals surface area contributed by atoms with Crippen molar-refractivity contribution in [3.63, 3.8) is 0 Å². The normalized spacial score (nSPS) is 10.6. The van der Waals surface area contributed by atoms with Crippen LogP contribution < -0.4 is 10.1 Å². The van der Waals surface area contributed by atoms with Crippen LogP contribution in [0.25, 0.3) is 0 Å². The molecule has 1 N–H and O–H groups in total. The topological polar surface area (TPSA) is 64.1 Å². The van der Waals surface area contributed by atoms with Crippen molar-refractivity contribution >= 4 is 23.4 Å². The summed E-state index contributed by atoms with van der Waals surface area (Å²) < 4.78 is 5.25. The third kappa shape index (κ3) is 4.92. The van der Waals surface area contributed by atoms with Crippen LogP contribution in [0, 0.1) is 0 Å². The minimum atomic E-state index is -0.262. The lowest BCUT2D eigenvalue weighted by Gasteiger charge is -2.19. The fourth-order valence-electron chi connectivity index (χ4n) is 3.19. The molecular formula is C25H21N3O2S. The molecule has 4 aromatic rings. The average Bonchev–Trinajstić information content (AvgIpc) is 2.84. The Bertz CT molecular complexity index is 1110. The maximum atomic E-state index is 13.1. The van der Waals surface area contributed by atoms with Crippen LogP contribution in [0.3, 0.4) is 0 Å². The van der Waals surface area contributed by atoms with E-state index in [-0.39, 0.29) is 11.2 Å². The van der Waals surface area contributed by atoms with Crippen molar-refractivity contribution in [3.8, 4) is 5.88 Å². The van der Waals surface area contributed by atoms with E-state index in [2.05, 4.69) is 39.6 Å². The van der Waals surface area contributed by atoms with E-state index in [0.717, 1.165) is 11.1 Å². The Morgan fingerprint density at radius 1 is 0.839 bits per heavy atom. The van der Waals surface area contributed by atoms with Crippen molar-refractivity contribution in [2.75, 3.05) is 12.4 Å². The maximum Gasteiger partial charge on any atom is 0.258 e. The Morgan fingerprint density at radius 2 is 1.45 bits per heavy atom. The molecule has 0 atom stereocenters. The number of ether oxygens (including phenoxy) is 1. The van der Waals surface area contributed by atoms with Gasteiger partial charge in [-0.15, -0.1) is 0 Å². The number of carbonyl (C=O) groups excluding carboxylic acids is 1. The number of hydrogen-bond acceptors (Lipinski definition) is 5. The average molecular weight is 428 g/mol. The summed E-state index contributed by atoms with van der Waals surface area (Å²) in [6.45, 7) is 0. The van der Waals surface area contributed by atoms with Crippen molar-refractivity contribution in [2.45, 2.75) is 10.3 Å². The first-order valence-corrected chi connectivity index (χ1v) is 10.7. The van der Waals surface area contributed by atoms with Crippen LogP contribution in [0.1, 0.15) is 26.7 Å². The van der Waals surface area contributed by atoms with Gasteiger partial charge in [-0.3, -0.25) is 4.79 Å². The number of amides is 1. The number of nitrogens with one attached hydrogen (secondary N) is 1. The van der Waals surface area contributed by atoms with Crippen LogP contribution >= 0.6 is 11.8 Å². The highest BCUT2D eigenvalue weighted by Gasteiger charge is 2.21. The van der Waals surface area contributed by atoms with E-state index in [1.54, 1.807) is 48.4 Å². The summed E-state index contributed by atoms with van der Waals surface area (Å²) in [5.41, 5.74) is 3.29. The van der Waals surface area contributed by atoms with E-state index in [0.29, 0.717) is 22.2 Å². The number of thioether (sulfide) groups is 1. The van der Waals surface area contributed by atoms with Gasteiger partial charge in [0.2, 0.25) is 5.88 Å². The summed E-state index contributed by atoms with van der Waals surface area (Å²) in [5, 5.41) is 3.54. The first-order chi connectivity index (χ1) is 15.3. The number of aromatic nitrogens is 2. The van der Waals surface area contributed by atoms with Gasteiger partial charge in [-0.05, 0) is 35.4 Å². The molecule has 0 spiro atoms. The van der Waals surface area contributed by atoms with E-state index in [4.69, 9.17) is 4.74 Å². The minimum Gasteiger partial charge on any atom is -0.480 e. The highest BCUT2D eigenvalue weighted by Crippen LogP contribution is 2.40. The lowest BCUT2D eigenvalue weighted by molar-refractivity contribution is 0.102. The summed E-state index contributed by atoms with van der Waals surface area (Å²) >= 11 is 1.55. The van der Waals surface area contributed by atoms with Crippen molar-refractivity contribution in [3.05, 3.63) is 114 Å². The molecule has 2 heterocycles. The second-order valence-electron chi connectivity index (χ2n) is 6.69. The number of carbonyl (C=O) groups is 1. The molecule has 0 bridgehead atoms. The zero-order valence-electron chi connectivity index (χ0n) is 16.9. The number of rotatable bonds is 7. The second-order valence-corrected chi connectivity index (χ2v) is 7.78. The van der Waals surface area contributed by atoms with Gasteiger partial charge in [0.25, 0.3) is 5.91 Å². The van der Waals surface area contributed by atoms with Gasteiger partial charge in [0.1, 0.15) is 10.7 Å². The third-order valence-corrected chi connectivity index (χ3v) is 5.99. The highest BCUT2D eigenvalue weighted by atomic mass is 32.2. The number of hydrogen-bond donors (Lipinski definition) is 1. The standard InChI is InChI=1S/C25H21N3O2S/c1-30-24-21(15-9-16-26-24)28-23(29)20-14-8-17-27-25(20)31-22(18-10-4-2-5-11-18)19-12-6-3-7-13-19/h2-17,22H,1H3,(H,28,29). The van der Waals surface area contributed by atoms with Crippen LogP contribution in [0.15, 0.2) is 102 Å². The van der Waals surface area contributed by atoms with Gasteiger partial charge in [-0.1, -0.05) is 72.4 Å². The summed E-state index contributed by atoms with van der Waals surface area (Å²) in [6, 6.07) is 27.5. The third-order valence-electron chi connectivity index (χ3n) is 4.66. The second kappa shape index (κ2) is 9.91. The lowest BCUT2D eigenvalue weighted by Crippen LogP contribution is -2.15. The van der Waals surface area contributed by atoms with Gasteiger partial charge in [-0.25, -0.2) is 9.97 Å². The number of anilines is 1. The van der Waals surface area contributed by atoms with Crippen molar-refractivity contribution in [1.82, 2.24) is 9.97 Å². The SMILES string of the molecule is COc1ncccc1NC(=O)c1cccnc1SC(c1ccccc1)c1ccccc1. The monoisotopic (exact) mass is 427 g/mol. The van der Waals surface area contributed by atoms with Crippen LogP contribution in [0.4, 0.5) is 5.69 Å². The summed E-state index contributed by atoms with van der Waals surface area (Å²) in [4.78, 5) is 21.8. The summed E-state index contributed by atoms with van der Waals surface area (Å²) in [6.07, 6.45) is 3.32. The first kappa shape index (κ1) is 20.6. The van der Waals surface area contributed by atoms with Gasteiger partial charge in [0.15, 0.2) is 0 Å². The number of methoxy groups -OCH3 is 1. The van der Waals surface area contributed by atoms with Gasteiger partial charge in [0, 0.05) is 12.4 Å². The molecule has 0 aliphatic carbocycles. The molecule has 5 nitrogen and oxygen atoms in total. The van der Waals surface area contributed by atoms with Gasteiger partial charge in [-0.2, -0.15) is 0 Å². The fourth-order valence-corrected chi connectivity index (χ4v) is 4.41. The van der Waals surface area contributed by atoms with Crippen molar-refractivity contribution in [2.24, 2.45) is 0 Å². The Balaban J connectivity index is 1.66. The smallest absolute Gasteiger partial charge is 0.258 e. The van der Waals surface area contributed by atoms with E-state index in [1.807, 2.05) is 36.4 Å². The van der Waals surface area contributed by atoms with Crippen LogP contribution in [-0.2, 0) is 0 Å². The van der Waals surface area contributed by atoms with Crippen LogP contribution in [0.2, 0.25) is 0 Å². The Labute approximate surface area is 185 Å². The predicted octanol–water partition coefficient (Wildman–Crippen LogP) is 5.62. The van der Waals surface area contributed by atoms with E-state index >= 15 is 0 Å². The predicted molar refractivity (Wildman–Crippen MR) is 124 cm³/mol. The molecule has 0 radical (unpaired) electrons.